The molecule has 2 rings (SSSR count). The van der Waals surface area contributed by atoms with Crippen LogP contribution in [0.5, 0.6) is 5.75 Å². The Hall–Kier alpha value is -1.51. The third kappa shape index (κ3) is 1.50. The molecule has 0 N–H and O–H groups in total. The Morgan fingerprint density at radius 2 is 2.23 bits per heavy atom. The lowest BCUT2D eigenvalue weighted by molar-refractivity contribution is 0.104. The van der Waals surface area contributed by atoms with Crippen LogP contribution in [0.15, 0.2) is 30.4 Å². The fourth-order valence-corrected chi connectivity index (χ4v) is 1.35. The van der Waals surface area contributed by atoms with Gasteiger partial charge in [-0.25, -0.2) is 0 Å². The molecule has 1 aliphatic rings. The van der Waals surface area contributed by atoms with Gasteiger partial charge in [-0.05, 0) is 18.2 Å². The molecule has 2 nitrogen and oxygen atoms in total. The maximum absolute atomic E-state index is 11.5. The number of fused-ring (bicyclic) bond motifs is 1. The van der Waals surface area contributed by atoms with E-state index in [4.69, 9.17) is 4.74 Å². The summed E-state index contributed by atoms with van der Waals surface area (Å²) >= 11 is 0. The van der Waals surface area contributed by atoms with E-state index in [1.54, 1.807) is 12.2 Å². The van der Waals surface area contributed by atoms with Crippen LogP contribution in [-0.4, -0.2) is 20.2 Å². The van der Waals surface area contributed by atoms with Crippen LogP contribution in [0.4, 0.5) is 0 Å². The third-order valence-corrected chi connectivity index (χ3v) is 2.00. The summed E-state index contributed by atoms with van der Waals surface area (Å²) in [5.41, 5.74) is 1.74. The van der Waals surface area contributed by atoms with Crippen molar-refractivity contribution in [3.8, 4) is 5.75 Å². The van der Waals surface area contributed by atoms with Gasteiger partial charge in [0.05, 0.1) is 5.56 Å². The molecule has 3 heteroatoms. The molecule has 0 bridgehead atoms. The summed E-state index contributed by atoms with van der Waals surface area (Å²) in [5, 5.41) is 0. The van der Waals surface area contributed by atoms with Gasteiger partial charge in [-0.3, -0.25) is 4.79 Å². The summed E-state index contributed by atoms with van der Waals surface area (Å²) in [5.74, 6) is 0.705. The minimum atomic E-state index is 0.0243. The van der Waals surface area contributed by atoms with Gasteiger partial charge in [0, 0.05) is 0 Å². The second-order valence-corrected chi connectivity index (χ2v) is 3.08. The van der Waals surface area contributed by atoms with Gasteiger partial charge in [-0.2, -0.15) is 0 Å². The van der Waals surface area contributed by atoms with Crippen molar-refractivity contribution < 1.29 is 9.53 Å². The first-order valence-corrected chi connectivity index (χ1v) is 4.22. The molecule has 64 valence electrons. The number of hydrogen-bond donors (Lipinski definition) is 0. The van der Waals surface area contributed by atoms with Gasteiger partial charge in [-0.15, -0.1) is 0 Å². The molecule has 0 aromatic heterocycles. The molecule has 0 amide bonds. The lowest BCUT2D eigenvalue weighted by Gasteiger charge is -2.05. The van der Waals surface area contributed by atoms with Crippen LogP contribution in [0.25, 0.3) is 0 Å². The Morgan fingerprint density at radius 1 is 1.38 bits per heavy atom. The average molecular weight is 172 g/mol. The van der Waals surface area contributed by atoms with E-state index in [0.717, 1.165) is 5.46 Å². The van der Waals surface area contributed by atoms with E-state index in [1.165, 1.54) is 0 Å². The summed E-state index contributed by atoms with van der Waals surface area (Å²) < 4.78 is 5.37. The standard InChI is InChI=1S/C10H9BO2/c11-7-3-4-10-8(6-7)9(12)2-1-5-13-10/h1-4,6H,5,11H2. The van der Waals surface area contributed by atoms with Crippen molar-refractivity contribution in [2.24, 2.45) is 0 Å². The van der Waals surface area contributed by atoms with Gasteiger partial charge in [0.25, 0.3) is 0 Å². The zero-order valence-corrected chi connectivity index (χ0v) is 7.41. The molecule has 0 spiro atoms. The molecule has 1 heterocycles. The number of benzene rings is 1. The molecule has 1 aromatic rings. The number of carbonyl (C=O) groups is 1. The third-order valence-electron chi connectivity index (χ3n) is 2.00. The number of carbonyl (C=O) groups excluding carboxylic acids is 1. The van der Waals surface area contributed by atoms with Crippen molar-refractivity contribution in [2.75, 3.05) is 6.61 Å². The second-order valence-electron chi connectivity index (χ2n) is 3.08. The van der Waals surface area contributed by atoms with Gasteiger partial charge in [-0.1, -0.05) is 17.6 Å². The van der Waals surface area contributed by atoms with Crippen molar-refractivity contribution in [1.29, 1.82) is 0 Å². The van der Waals surface area contributed by atoms with Crippen LogP contribution in [0.3, 0.4) is 0 Å². The Labute approximate surface area is 77.6 Å². The monoisotopic (exact) mass is 172 g/mol. The van der Waals surface area contributed by atoms with Crippen LogP contribution in [-0.2, 0) is 0 Å². The SMILES string of the molecule is Bc1ccc2c(c1)C(=O)C=CCO2. The van der Waals surface area contributed by atoms with Crippen LogP contribution in [0.2, 0.25) is 0 Å². The first-order valence-electron chi connectivity index (χ1n) is 4.22. The van der Waals surface area contributed by atoms with Crippen LogP contribution in [0, 0.1) is 0 Å². The van der Waals surface area contributed by atoms with Crippen molar-refractivity contribution in [1.82, 2.24) is 0 Å². The maximum Gasteiger partial charge on any atom is 0.189 e. The highest BCUT2D eigenvalue weighted by Crippen LogP contribution is 2.19. The topological polar surface area (TPSA) is 26.3 Å². The summed E-state index contributed by atoms with van der Waals surface area (Å²) in [6, 6.07) is 5.64. The second kappa shape index (κ2) is 3.09. The smallest absolute Gasteiger partial charge is 0.189 e. The number of rotatable bonds is 0. The highest BCUT2D eigenvalue weighted by Gasteiger charge is 2.12. The first-order chi connectivity index (χ1) is 6.27. The van der Waals surface area contributed by atoms with E-state index in [2.05, 4.69) is 0 Å². The van der Waals surface area contributed by atoms with Crippen molar-refractivity contribution in [3.63, 3.8) is 0 Å². The zero-order valence-electron chi connectivity index (χ0n) is 7.41. The quantitative estimate of drug-likeness (QED) is 0.518. The van der Waals surface area contributed by atoms with Gasteiger partial charge < -0.3 is 4.74 Å². The minimum absolute atomic E-state index is 0.0243. The van der Waals surface area contributed by atoms with Gasteiger partial charge >= 0.3 is 0 Å². The molecule has 1 aliphatic heterocycles. The highest BCUT2D eigenvalue weighted by atomic mass is 16.5. The Bertz CT molecular complexity index is 383. The van der Waals surface area contributed by atoms with Gasteiger partial charge in [0.1, 0.15) is 20.2 Å². The molecule has 0 fully saturated rings. The zero-order chi connectivity index (χ0) is 9.26. The Morgan fingerprint density at radius 3 is 3.08 bits per heavy atom. The molecule has 0 unspecified atom stereocenters. The predicted octanol–water partition coefficient (Wildman–Crippen LogP) is 0.0763. The summed E-state index contributed by atoms with van der Waals surface area (Å²) in [4.78, 5) is 11.5. The fraction of sp³-hybridized carbons (Fsp3) is 0.100. The van der Waals surface area contributed by atoms with Crippen LogP contribution >= 0.6 is 0 Å². The molecule has 1 aromatic carbocycles. The summed E-state index contributed by atoms with van der Waals surface area (Å²) in [6.07, 6.45) is 3.29. The van der Waals surface area contributed by atoms with Crippen LogP contribution in [0.1, 0.15) is 10.4 Å². The minimum Gasteiger partial charge on any atom is -0.489 e. The van der Waals surface area contributed by atoms with Gasteiger partial charge in [0.2, 0.25) is 0 Å². The summed E-state index contributed by atoms with van der Waals surface area (Å²) in [6.45, 7) is 0.474. The molecule has 0 aliphatic carbocycles. The van der Waals surface area contributed by atoms with E-state index < -0.39 is 0 Å². The molecule has 0 atom stereocenters. The Balaban J connectivity index is 2.56. The molecule has 0 saturated carbocycles. The largest absolute Gasteiger partial charge is 0.489 e. The lowest BCUT2D eigenvalue weighted by atomic mass is 9.93. The normalized spacial score (nSPS) is 14.6. The Kier molecular flexibility index (Phi) is 1.93. The van der Waals surface area contributed by atoms with Crippen molar-refractivity contribution in [3.05, 3.63) is 35.9 Å². The lowest BCUT2D eigenvalue weighted by Crippen LogP contribution is -2.07. The van der Waals surface area contributed by atoms with E-state index >= 15 is 0 Å². The van der Waals surface area contributed by atoms with Crippen molar-refractivity contribution in [2.45, 2.75) is 0 Å². The highest BCUT2D eigenvalue weighted by molar-refractivity contribution is 6.33. The molecule has 0 radical (unpaired) electrons. The maximum atomic E-state index is 11.5. The number of hydrogen-bond acceptors (Lipinski definition) is 2. The molecular weight excluding hydrogens is 163 g/mol. The van der Waals surface area contributed by atoms with Gasteiger partial charge in [0.15, 0.2) is 5.78 Å². The predicted molar refractivity (Wildman–Crippen MR) is 53.6 cm³/mol. The number of ketones is 1. The van der Waals surface area contributed by atoms with E-state index in [1.807, 2.05) is 26.0 Å². The average Bonchev–Trinajstić information content (AvgIpc) is 2.29. The number of allylic oxidation sites excluding steroid dienone is 1. The van der Waals surface area contributed by atoms with E-state index in [-0.39, 0.29) is 5.78 Å². The fourth-order valence-electron chi connectivity index (χ4n) is 1.35. The van der Waals surface area contributed by atoms with Crippen molar-refractivity contribution >= 4 is 19.1 Å². The number of ether oxygens (including phenoxy) is 1. The first kappa shape index (κ1) is 8.11. The van der Waals surface area contributed by atoms with E-state index in [9.17, 15) is 4.79 Å². The van der Waals surface area contributed by atoms with E-state index in [0.29, 0.717) is 17.9 Å². The summed E-state index contributed by atoms with van der Waals surface area (Å²) in [7, 11) is 1.96. The molecule has 0 saturated heterocycles. The van der Waals surface area contributed by atoms with Crippen LogP contribution < -0.4 is 10.2 Å². The molecule has 13 heavy (non-hydrogen) atoms. The molecular formula is C10H9BO2.